The number of hydrogen-bond acceptors (Lipinski definition) is 5. The van der Waals surface area contributed by atoms with Crippen LogP contribution in [-0.2, 0) is 0 Å². The molecule has 7 heteroatoms. The molecule has 1 heterocycles. The topological polar surface area (TPSA) is 89.4 Å². The van der Waals surface area contributed by atoms with Crippen LogP contribution < -0.4 is 34.3 Å². The van der Waals surface area contributed by atoms with Crippen molar-refractivity contribution in [2.24, 2.45) is 0 Å². The fourth-order valence-electron chi connectivity index (χ4n) is 1.27. The summed E-state index contributed by atoms with van der Waals surface area (Å²) in [5.74, 6) is -1.73. The molecule has 92 valence electrons. The third kappa shape index (κ3) is 4.13. The first kappa shape index (κ1) is 15.3. The second-order valence-electron chi connectivity index (χ2n) is 3.32. The molecule has 0 unspecified atom stereocenters. The standard InChI is InChI=1S/C12H8N2O4.Na.H/c15-11(16)8-2-1-3-9(6-8)12(17)18-10-7-13-4-5-14-10;;/h1-7H,(H,15,16);;/q;+1;-1. The van der Waals surface area contributed by atoms with E-state index in [-0.39, 0.29) is 48.0 Å². The molecule has 0 bridgehead atoms. The minimum atomic E-state index is -1.11. The number of esters is 1. The number of benzene rings is 1. The molecule has 0 saturated carbocycles. The molecule has 0 fully saturated rings. The maximum absolute atomic E-state index is 11.7. The molecule has 0 atom stereocenters. The summed E-state index contributed by atoms with van der Waals surface area (Å²) in [6, 6.07) is 5.56. The summed E-state index contributed by atoms with van der Waals surface area (Å²) < 4.78 is 4.93. The molecule has 0 aliphatic carbocycles. The van der Waals surface area contributed by atoms with Crippen LogP contribution in [0.25, 0.3) is 0 Å². The monoisotopic (exact) mass is 268 g/mol. The average Bonchev–Trinajstić information content (AvgIpc) is 2.40. The van der Waals surface area contributed by atoms with Gasteiger partial charge in [-0.2, -0.15) is 0 Å². The third-order valence-electron chi connectivity index (χ3n) is 2.08. The molecule has 0 radical (unpaired) electrons. The average molecular weight is 268 g/mol. The number of nitrogens with zero attached hydrogens (tertiary/aromatic N) is 2. The zero-order chi connectivity index (χ0) is 13.0. The van der Waals surface area contributed by atoms with Gasteiger partial charge in [0.25, 0.3) is 0 Å². The van der Waals surface area contributed by atoms with Crippen molar-refractivity contribution < 1.29 is 50.4 Å². The molecule has 6 nitrogen and oxygen atoms in total. The van der Waals surface area contributed by atoms with Crippen LogP contribution in [0.4, 0.5) is 0 Å². The minimum Gasteiger partial charge on any atom is -1.00 e. The van der Waals surface area contributed by atoms with E-state index in [4.69, 9.17) is 9.84 Å². The molecular formula is C12H9N2NaO4. The summed E-state index contributed by atoms with van der Waals surface area (Å²) in [6.07, 6.45) is 4.12. The molecule has 2 rings (SSSR count). The molecular weight excluding hydrogens is 259 g/mol. The van der Waals surface area contributed by atoms with E-state index in [9.17, 15) is 9.59 Å². The van der Waals surface area contributed by atoms with Crippen LogP contribution >= 0.6 is 0 Å². The maximum Gasteiger partial charge on any atom is 1.00 e. The molecule has 0 saturated heterocycles. The predicted molar refractivity (Wildman–Crippen MR) is 61.5 cm³/mol. The Hall–Kier alpha value is -1.76. The van der Waals surface area contributed by atoms with Crippen LogP contribution in [0.5, 0.6) is 5.88 Å². The minimum absolute atomic E-state index is 0. The second-order valence-corrected chi connectivity index (χ2v) is 3.32. The van der Waals surface area contributed by atoms with Crippen molar-refractivity contribution in [3.63, 3.8) is 0 Å². The molecule has 1 aromatic carbocycles. The zero-order valence-corrected chi connectivity index (χ0v) is 12.1. The number of ether oxygens (including phenoxy) is 1. The van der Waals surface area contributed by atoms with E-state index in [1.54, 1.807) is 0 Å². The van der Waals surface area contributed by atoms with Crippen LogP contribution in [0.15, 0.2) is 42.9 Å². The Labute approximate surface area is 132 Å². The number of rotatable bonds is 3. The normalized spacial score (nSPS) is 9.26. The van der Waals surface area contributed by atoms with Crippen LogP contribution in [0.3, 0.4) is 0 Å². The summed E-state index contributed by atoms with van der Waals surface area (Å²) in [4.78, 5) is 30.0. The fourth-order valence-corrected chi connectivity index (χ4v) is 1.27. The number of carbonyl (C=O) groups excluding carboxylic acids is 1. The van der Waals surface area contributed by atoms with Crippen molar-refractivity contribution in [2.75, 3.05) is 0 Å². The summed E-state index contributed by atoms with van der Waals surface area (Å²) in [7, 11) is 0. The van der Waals surface area contributed by atoms with Gasteiger partial charge in [0.1, 0.15) is 0 Å². The summed E-state index contributed by atoms with van der Waals surface area (Å²) in [5.41, 5.74) is 0.157. The van der Waals surface area contributed by atoms with E-state index < -0.39 is 11.9 Å². The van der Waals surface area contributed by atoms with Crippen LogP contribution in [0, 0.1) is 0 Å². The van der Waals surface area contributed by atoms with Gasteiger partial charge in [-0.15, -0.1) is 0 Å². The van der Waals surface area contributed by atoms with E-state index in [0.717, 1.165) is 0 Å². The SMILES string of the molecule is O=C(O)c1cccc(C(=O)Oc2cnccn2)c1.[H-].[Na+]. The van der Waals surface area contributed by atoms with Gasteiger partial charge in [0.05, 0.1) is 17.3 Å². The number of aromatic carboxylic acids is 1. The van der Waals surface area contributed by atoms with Gasteiger partial charge in [0, 0.05) is 12.4 Å². The van der Waals surface area contributed by atoms with Gasteiger partial charge in [0.15, 0.2) is 0 Å². The Bertz CT molecular complexity index is 595. The summed E-state index contributed by atoms with van der Waals surface area (Å²) >= 11 is 0. The van der Waals surface area contributed by atoms with Crippen molar-refractivity contribution in [2.45, 2.75) is 0 Å². The van der Waals surface area contributed by atoms with Gasteiger partial charge in [-0.3, -0.25) is 4.98 Å². The summed E-state index contributed by atoms with van der Waals surface area (Å²) in [5, 5.41) is 8.81. The number of carboxylic acid groups (broad SMARTS) is 1. The second kappa shape index (κ2) is 6.98. The molecule has 2 aromatic rings. The molecule has 19 heavy (non-hydrogen) atoms. The molecule has 0 aliphatic rings. The van der Waals surface area contributed by atoms with E-state index >= 15 is 0 Å². The van der Waals surface area contributed by atoms with E-state index in [1.165, 1.54) is 42.9 Å². The Morgan fingerprint density at radius 3 is 2.58 bits per heavy atom. The van der Waals surface area contributed by atoms with E-state index in [2.05, 4.69) is 9.97 Å². The Balaban J connectivity index is 0.00000180. The van der Waals surface area contributed by atoms with Gasteiger partial charge in [0.2, 0.25) is 5.88 Å². The third-order valence-corrected chi connectivity index (χ3v) is 2.08. The Morgan fingerprint density at radius 1 is 1.21 bits per heavy atom. The number of hydrogen-bond donors (Lipinski definition) is 1. The van der Waals surface area contributed by atoms with E-state index in [1.807, 2.05) is 0 Å². The Kier molecular flexibility index (Phi) is 5.62. The fraction of sp³-hybridized carbons (Fsp3) is 0. The van der Waals surface area contributed by atoms with Gasteiger partial charge < -0.3 is 11.3 Å². The van der Waals surface area contributed by atoms with Crippen molar-refractivity contribution >= 4 is 11.9 Å². The van der Waals surface area contributed by atoms with Crippen molar-refractivity contribution in [1.29, 1.82) is 0 Å². The van der Waals surface area contributed by atoms with Crippen LogP contribution in [-0.4, -0.2) is 27.0 Å². The molecule has 1 N–H and O–H groups in total. The first-order chi connectivity index (χ1) is 8.66. The van der Waals surface area contributed by atoms with Crippen LogP contribution in [0.2, 0.25) is 0 Å². The zero-order valence-electron chi connectivity index (χ0n) is 11.1. The Morgan fingerprint density at radius 2 is 1.95 bits per heavy atom. The van der Waals surface area contributed by atoms with Gasteiger partial charge in [-0.05, 0) is 18.2 Å². The van der Waals surface area contributed by atoms with Crippen LogP contribution in [0.1, 0.15) is 22.1 Å². The smallest absolute Gasteiger partial charge is 1.00 e. The van der Waals surface area contributed by atoms with E-state index in [0.29, 0.717) is 0 Å². The largest absolute Gasteiger partial charge is 1.00 e. The first-order valence-corrected chi connectivity index (χ1v) is 4.98. The van der Waals surface area contributed by atoms with Crippen molar-refractivity contribution in [3.8, 4) is 5.88 Å². The van der Waals surface area contributed by atoms with Crippen molar-refractivity contribution in [1.82, 2.24) is 9.97 Å². The summed E-state index contributed by atoms with van der Waals surface area (Å²) in [6.45, 7) is 0. The van der Waals surface area contributed by atoms with Gasteiger partial charge in [-0.1, -0.05) is 6.07 Å². The van der Waals surface area contributed by atoms with Gasteiger partial charge in [-0.25, -0.2) is 14.6 Å². The number of carbonyl (C=O) groups is 2. The molecule has 1 aromatic heterocycles. The van der Waals surface area contributed by atoms with Gasteiger partial charge >= 0.3 is 41.5 Å². The molecule has 0 aliphatic heterocycles. The molecule has 0 amide bonds. The maximum atomic E-state index is 11.7. The number of carboxylic acids is 1. The number of aromatic nitrogens is 2. The first-order valence-electron chi connectivity index (χ1n) is 4.98. The van der Waals surface area contributed by atoms with Crippen molar-refractivity contribution in [3.05, 3.63) is 54.0 Å². The quantitative estimate of drug-likeness (QED) is 0.539. The predicted octanol–water partition coefficient (Wildman–Crippen LogP) is -1.49. The molecule has 0 spiro atoms.